The van der Waals surface area contributed by atoms with Crippen molar-refractivity contribution < 1.29 is 9.72 Å². The lowest BCUT2D eigenvalue weighted by Crippen LogP contribution is -2.44. The van der Waals surface area contributed by atoms with Crippen molar-refractivity contribution in [2.24, 2.45) is 0 Å². The summed E-state index contributed by atoms with van der Waals surface area (Å²) in [6, 6.07) is 12.5. The Morgan fingerprint density at radius 2 is 2.00 bits per heavy atom. The summed E-state index contributed by atoms with van der Waals surface area (Å²) in [6.45, 7) is 2.10. The third-order valence-electron chi connectivity index (χ3n) is 6.11. The van der Waals surface area contributed by atoms with E-state index in [4.69, 9.17) is 11.6 Å². The van der Waals surface area contributed by atoms with Gasteiger partial charge in [-0.25, -0.2) is 0 Å². The minimum atomic E-state index is -0.432. The maximum atomic E-state index is 13.1. The van der Waals surface area contributed by atoms with Crippen molar-refractivity contribution in [2.75, 3.05) is 20.1 Å². The maximum Gasteiger partial charge on any atom is 0.269 e. The van der Waals surface area contributed by atoms with Crippen LogP contribution in [0.5, 0.6) is 0 Å². The highest BCUT2D eigenvalue weighted by atomic mass is 35.5. The second kappa shape index (κ2) is 8.13. The molecule has 0 saturated carbocycles. The van der Waals surface area contributed by atoms with Crippen LogP contribution in [0.1, 0.15) is 35.6 Å². The van der Waals surface area contributed by atoms with Crippen molar-refractivity contribution >= 4 is 23.2 Å². The van der Waals surface area contributed by atoms with E-state index in [0.29, 0.717) is 5.56 Å². The third-order valence-corrected chi connectivity index (χ3v) is 6.35. The molecule has 1 aliphatic heterocycles. The van der Waals surface area contributed by atoms with E-state index in [1.54, 1.807) is 12.1 Å². The summed E-state index contributed by atoms with van der Waals surface area (Å²) in [7, 11) is 1.84. The van der Waals surface area contributed by atoms with Crippen LogP contribution < -0.4 is 0 Å². The molecule has 1 heterocycles. The largest absolute Gasteiger partial charge is 0.337 e. The molecular weight excluding hydrogens is 390 g/mol. The summed E-state index contributed by atoms with van der Waals surface area (Å²) < 4.78 is 0. The fourth-order valence-electron chi connectivity index (χ4n) is 4.69. The minimum Gasteiger partial charge on any atom is -0.337 e. The van der Waals surface area contributed by atoms with E-state index < -0.39 is 4.92 Å². The van der Waals surface area contributed by atoms with Crippen LogP contribution >= 0.6 is 11.6 Å². The molecule has 1 amide bonds. The smallest absolute Gasteiger partial charge is 0.269 e. The fourth-order valence-corrected chi connectivity index (χ4v) is 4.88. The highest BCUT2D eigenvalue weighted by Crippen LogP contribution is 2.40. The van der Waals surface area contributed by atoms with Gasteiger partial charge in [0.15, 0.2) is 0 Å². The Kier molecular flexibility index (Phi) is 5.56. The molecule has 7 heteroatoms. The Morgan fingerprint density at radius 1 is 1.24 bits per heavy atom. The van der Waals surface area contributed by atoms with E-state index in [1.165, 1.54) is 30.5 Å². The first-order valence-corrected chi connectivity index (χ1v) is 10.3. The second-order valence-corrected chi connectivity index (χ2v) is 8.35. The number of benzene rings is 2. The summed E-state index contributed by atoms with van der Waals surface area (Å²) in [5, 5.41) is 11.7. The Hall–Kier alpha value is -2.44. The van der Waals surface area contributed by atoms with Crippen molar-refractivity contribution in [3.63, 3.8) is 0 Å². The SMILES string of the molecule is CN(C(=O)Cc1cccc([N+](=O)[O-])c1)[C@@H]1c2ccc(Cl)cc2C[C@H]1N1CCCC1. The van der Waals surface area contributed by atoms with Gasteiger partial charge in [-0.15, -0.1) is 0 Å². The van der Waals surface area contributed by atoms with Crippen LogP contribution in [0.3, 0.4) is 0 Å². The predicted molar refractivity (Wildman–Crippen MR) is 112 cm³/mol. The molecule has 0 N–H and O–H groups in total. The third kappa shape index (κ3) is 4.00. The molecule has 0 spiro atoms. The highest BCUT2D eigenvalue weighted by Gasteiger charge is 2.40. The number of hydrogen-bond donors (Lipinski definition) is 0. The molecule has 0 unspecified atom stereocenters. The fraction of sp³-hybridized carbons (Fsp3) is 0.409. The van der Waals surface area contributed by atoms with Crippen molar-refractivity contribution in [1.82, 2.24) is 9.80 Å². The normalized spacial score (nSPS) is 21.2. The van der Waals surface area contributed by atoms with Crippen molar-refractivity contribution in [2.45, 2.75) is 37.8 Å². The zero-order valence-electron chi connectivity index (χ0n) is 16.4. The number of halogens is 1. The molecule has 0 aromatic heterocycles. The zero-order valence-corrected chi connectivity index (χ0v) is 17.1. The van der Waals surface area contributed by atoms with Gasteiger partial charge in [-0.3, -0.25) is 19.8 Å². The number of carbonyl (C=O) groups excluding carboxylic acids is 1. The van der Waals surface area contributed by atoms with Crippen LogP contribution in [0.2, 0.25) is 5.02 Å². The number of likely N-dealkylation sites (N-methyl/N-ethyl adjacent to an activating group) is 1. The lowest BCUT2D eigenvalue weighted by Gasteiger charge is -2.35. The molecule has 1 saturated heterocycles. The molecule has 2 aromatic carbocycles. The number of nitro groups is 1. The summed E-state index contributed by atoms with van der Waals surface area (Å²) in [4.78, 5) is 28.0. The molecule has 2 aliphatic rings. The molecule has 29 heavy (non-hydrogen) atoms. The van der Waals surface area contributed by atoms with Gasteiger partial charge >= 0.3 is 0 Å². The lowest BCUT2D eigenvalue weighted by atomic mass is 10.0. The monoisotopic (exact) mass is 413 g/mol. The Bertz CT molecular complexity index is 943. The van der Waals surface area contributed by atoms with Crippen LogP contribution in [0, 0.1) is 10.1 Å². The predicted octanol–water partition coefficient (Wildman–Crippen LogP) is 4.01. The Morgan fingerprint density at radius 3 is 2.72 bits per heavy atom. The van der Waals surface area contributed by atoms with Gasteiger partial charge < -0.3 is 4.90 Å². The Balaban J connectivity index is 1.59. The van der Waals surface area contributed by atoms with E-state index in [-0.39, 0.29) is 30.1 Å². The molecule has 0 radical (unpaired) electrons. The standard InChI is InChI=1S/C22H24ClN3O3/c1-24(21(27)12-15-5-4-6-18(11-15)26(28)29)22-19-8-7-17(23)13-16(19)14-20(22)25-9-2-3-10-25/h4-8,11,13,20,22H,2-3,9-10,12,14H2,1H3/t20-,22-/m1/s1. The number of nitro benzene ring substituents is 1. The number of likely N-dealkylation sites (tertiary alicyclic amines) is 1. The summed E-state index contributed by atoms with van der Waals surface area (Å²) in [6.07, 6.45) is 3.40. The number of rotatable bonds is 5. The number of carbonyl (C=O) groups is 1. The van der Waals surface area contributed by atoms with Crippen LogP contribution in [0.25, 0.3) is 0 Å². The van der Waals surface area contributed by atoms with Crippen LogP contribution in [0.4, 0.5) is 5.69 Å². The van der Waals surface area contributed by atoms with Gasteiger partial charge in [0.05, 0.1) is 17.4 Å². The van der Waals surface area contributed by atoms with E-state index >= 15 is 0 Å². The number of fused-ring (bicyclic) bond motifs is 1. The zero-order chi connectivity index (χ0) is 20.5. The van der Waals surface area contributed by atoms with Crippen molar-refractivity contribution in [1.29, 1.82) is 0 Å². The van der Waals surface area contributed by atoms with Gasteiger partial charge in [0, 0.05) is 30.2 Å². The summed E-state index contributed by atoms with van der Waals surface area (Å²) >= 11 is 6.22. The number of amides is 1. The number of nitrogens with zero attached hydrogens (tertiary/aromatic N) is 3. The van der Waals surface area contributed by atoms with Gasteiger partial charge in [0.2, 0.25) is 5.91 Å². The van der Waals surface area contributed by atoms with Crippen LogP contribution in [-0.2, 0) is 17.6 Å². The number of non-ortho nitro benzene ring substituents is 1. The molecule has 2 atom stereocenters. The van der Waals surface area contributed by atoms with Crippen LogP contribution in [0.15, 0.2) is 42.5 Å². The van der Waals surface area contributed by atoms with E-state index in [2.05, 4.69) is 4.90 Å². The second-order valence-electron chi connectivity index (χ2n) is 7.91. The average Bonchev–Trinajstić information content (AvgIpc) is 3.34. The first kappa shape index (κ1) is 19.9. The molecule has 4 rings (SSSR count). The Labute approximate surface area is 175 Å². The summed E-state index contributed by atoms with van der Waals surface area (Å²) in [5.41, 5.74) is 3.02. The van der Waals surface area contributed by atoms with Crippen LogP contribution in [-0.4, -0.2) is 46.8 Å². The van der Waals surface area contributed by atoms with Gasteiger partial charge in [0.1, 0.15) is 0 Å². The van der Waals surface area contributed by atoms with Gasteiger partial charge in [-0.2, -0.15) is 0 Å². The van der Waals surface area contributed by atoms with Gasteiger partial charge in [-0.1, -0.05) is 29.8 Å². The molecular formula is C22H24ClN3O3. The topological polar surface area (TPSA) is 66.7 Å². The van der Waals surface area contributed by atoms with E-state index in [9.17, 15) is 14.9 Å². The first-order valence-electron chi connectivity index (χ1n) is 9.95. The quantitative estimate of drug-likeness (QED) is 0.548. The average molecular weight is 414 g/mol. The molecule has 1 aliphatic carbocycles. The van der Waals surface area contributed by atoms with Crippen molar-refractivity contribution in [3.05, 3.63) is 74.3 Å². The maximum absolute atomic E-state index is 13.1. The van der Waals surface area contributed by atoms with Gasteiger partial charge in [0.25, 0.3) is 5.69 Å². The molecule has 2 aromatic rings. The lowest BCUT2D eigenvalue weighted by molar-refractivity contribution is -0.384. The minimum absolute atomic E-state index is 0.00810. The van der Waals surface area contributed by atoms with Crippen molar-refractivity contribution in [3.8, 4) is 0 Å². The molecule has 6 nitrogen and oxygen atoms in total. The number of hydrogen-bond acceptors (Lipinski definition) is 4. The van der Waals surface area contributed by atoms with E-state index in [0.717, 1.165) is 30.1 Å². The first-order chi connectivity index (χ1) is 13.9. The highest BCUT2D eigenvalue weighted by molar-refractivity contribution is 6.30. The van der Waals surface area contributed by atoms with E-state index in [1.807, 2.05) is 30.1 Å². The molecule has 1 fully saturated rings. The molecule has 0 bridgehead atoms. The summed E-state index contributed by atoms with van der Waals surface area (Å²) in [5.74, 6) is -0.0394. The van der Waals surface area contributed by atoms with Gasteiger partial charge in [-0.05, 0) is 61.2 Å². The molecule has 152 valence electrons.